The molecule has 0 bridgehead atoms. The number of fused-ring (bicyclic) bond motifs is 2. The predicted octanol–water partition coefficient (Wildman–Crippen LogP) is 16.7. The molecule has 2 nitrogen and oxygen atoms in total. The van der Waals surface area contributed by atoms with Gasteiger partial charge in [0.15, 0.2) is 0 Å². The van der Waals surface area contributed by atoms with Gasteiger partial charge in [0.2, 0.25) is 0 Å². The second-order valence-corrected chi connectivity index (χ2v) is 16.4. The molecule has 0 aliphatic heterocycles. The van der Waals surface area contributed by atoms with E-state index < -0.39 is 0 Å². The van der Waals surface area contributed by atoms with Crippen LogP contribution in [-0.2, 0) is 0 Å². The molecule has 14 aromatic rings. The summed E-state index contributed by atoms with van der Waals surface area (Å²) < 4.78 is 12.8. The van der Waals surface area contributed by atoms with E-state index in [0.717, 1.165) is 44.6 Å². The number of hydrogen-bond donors (Lipinski definition) is 0. The van der Waals surface area contributed by atoms with Crippen molar-refractivity contribution in [1.29, 1.82) is 0 Å². The van der Waals surface area contributed by atoms with Crippen LogP contribution in [0.5, 0.6) is 0 Å². The lowest BCUT2D eigenvalue weighted by Gasteiger charge is -2.22. The SMILES string of the molecule is c1ccc(-c2ccc(-c3cc4cc5oc(-c6ccc(-c7ccc(-c8cc9ccc%10ccc%11ccc%12ccc%13ccc8c8c%13c%12c%11c%10c98)cc7)cc6)cc5cc4o3)cc2)cc1. The lowest BCUT2D eigenvalue weighted by Crippen LogP contribution is -1.94. The molecule has 60 heavy (non-hydrogen) atoms. The van der Waals surface area contributed by atoms with E-state index in [1.807, 2.05) is 6.07 Å². The number of hydrogen-bond acceptors (Lipinski definition) is 2. The average molecular weight is 761 g/mol. The molecule has 0 saturated carbocycles. The smallest absolute Gasteiger partial charge is 0.135 e. The molecule has 0 N–H and O–H groups in total. The highest BCUT2D eigenvalue weighted by Crippen LogP contribution is 2.50. The lowest BCUT2D eigenvalue weighted by atomic mass is 9.81. The average Bonchev–Trinajstić information content (AvgIpc) is 3.93. The minimum atomic E-state index is 0.841. The van der Waals surface area contributed by atoms with E-state index in [4.69, 9.17) is 8.83 Å². The topological polar surface area (TPSA) is 26.3 Å². The van der Waals surface area contributed by atoms with Gasteiger partial charge in [-0.25, -0.2) is 0 Å². The van der Waals surface area contributed by atoms with E-state index in [1.54, 1.807) is 0 Å². The van der Waals surface area contributed by atoms with Crippen molar-refractivity contribution in [3.8, 4) is 56.0 Å². The van der Waals surface area contributed by atoms with Gasteiger partial charge in [0, 0.05) is 21.9 Å². The van der Waals surface area contributed by atoms with E-state index in [0.29, 0.717) is 0 Å². The van der Waals surface area contributed by atoms with E-state index in [-0.39, 0.29) is 0 Å². The summed E-state index contributed by atoms with van der Waals surface area (Å²) in [6.45, 7) is 0. The summed E-state index contributed by atoms with van der Waals surface area (Å²) in [6.07, 6.45) is 0. The van der Waals surface area contributed by atoms with Gasteiger partial charge in [-0.15, -0.1) is 0 Å². The minimum Gasteiger partial charge on any atom is -0.456 e. The van der Waals surface area contributed by atoms with Crippen LogP contribution >= 0.6 is 0 Å². The minimum absolute atomic E-state index is 0.841. The predicted molar refractivity (Wildman–Crippen MR) is 252 cm³/mol. The van der Waals surface area contributed by atoms with Gasteiger partial charge in [-0.05, 0) is 128 Å². The monoisotopic (exact) mass is 760 g/mol. The Morgan fingerprint density at radius 3 is 1.08 bits per heavy atom. The molecule has 12 aromatic carbocycles. The zero-order chi connectivity index (χ0) is 39.1. The van der Waals surface area contributed by atoms with Gasteiger partial charge in [-0.2, -0.15) is 0 Å². The Hall–Kier alpha value is -7.94. The summed E-state index contributed by atoms with van der Waals surface area (Å²) in [5, 5.41) is 18.2. The van der Waals surface area contributed by atoms with Crippen molar-refractivity contribution < 1.29 is 8.83 Å². The molecule has 0 unspecified atom stereocenters. The second kappa shape index (κ2) is 11.8. The molecule has 0 radical (unpaired) electrons. The summed E-state index contributed by atoms with van der Waals surface area (Å²) in [5.41, 5.74) is 11.0. The molecule has 0 saturated heterocycles. The molecule has 0 fully saturated rings. The lowest BCUT2D eigenvalue weighted by molar-refractivity contribution is 0.627. The maximum atomic E-state index is 6.44. The molecule has 2 heteroatoms. The molecule has 0 amide bonds. The van der Waals surface area contributed by atoms with Gasteiger partial charge in [0.25, 0.3) is 0 Å². The first-order valence-electron chi connectivity index (χ1n) is 20.6. The molecule has 0 aliphatic carbocycles. The Bertz CT molecular complexity index is 3830. The molecule has 14 rings (SSSR count). The molecule has 2 heterocycles. The van der Waals surface area contributed by atoms with Gasteiger partial charge < -0.3 is 8.83 Å². The van der Waals surface area contributed by atoms with Crippen molar-refractivity contribution in [3.05, 3.63) is 194 Å². The van der Waals surface area contributed by atoms with Crippen LogP contribution in [0.25, 0.3) is 143 Å². The Morgan fingerprint density at radius 2 is 0.600 bits per heavy atom. The van der Waals surface area contributed by atoms with Gasteiger partial charge in [0.05, 0.1) is 0 Å². The maximum Gasteiger partial charge on any atom is 0.135 e. The van der Waals surface area contributed by atoms with E-state index in [2.05, 4.69) is 188 Å². The van der Waals surface area contributed by atoms with Crippen LogP contribution in [0.4, 0.5) is 0 Å². The molecule has 0 aliphatic rings. The quantitative estimate of drug-likeness (QED) is 0.129. The Balaban J connectivity index is 0.781. The Morgan fingerprint density at radius 1 is 0.233 bits per heavy atom. The maximum absolute atomic E-state index is 6.44. The van der Waals surface area contributed by atoms with Crippen LogP contribution in [0.3, 0.4) is 0 Å². The van der Waals surface area contributed by atoms with Crippen LogP contribution in [0, 0.1) is 0 Å². The van der Waals surface area contributed by atoms with Gasteiger partial charge >= 0.3 is 0 Å². The highest BCUT2D eigenvalue weighted by atomic mass is 16.3. The standard InChI is InChI=1S/C58H32O2/c1-2-4-33(5-3-1)34-8-14-38(15-9-34)49-29-45-31-52-46(32-51(45)59-49)30-50(60-52)39-16-10-36(11-17-39)35-6-12-37(13-7-35)48-28-44-25-24-42-21-19-40-18-20-41-22-23-43-26-27-47(48)58-56(43)54(41)53(40)55(42)57(44)58/h1-32H. The van der Waals surface area contributed by atoms with Crippen molar-refractivity contribution in [2.75, 3.05) is 0 Å². The van der Waals surface area contributed by atoms with Crippen LogP contribution in [-0.4, -0.2) is 0 Å². The van der Waals surface area contributed by atoms with Gasteiger partial charge in [-0.1, -0.05) is 164 Å². The third-order valence-corrected chi connectivity index (χ3v) is 13.1. The van der Waals surface area contributed by atoms with Gasteiger partial charge in [0.1, 0.15) is 22.7 Å². The second-order valence-electron chi connectivity index (χ2n) is 16.4. The number of benzene rings is 12. The van der Waals surface area contributed by atoms with Crippen molar-refractivity contribution in [3.63, 3.8) is 0 Å². The number of furan rings is 2. The highest BCUT2D eigenvalue weighted by molar-refractivity contribution is 6.45. The van der Waals surface area contributed by atoms with Crippen LogP contribution < -0.4 is 0 Å². The summed E-state index contributed by atoms with van der Waals surface area (Å²) in [7, 11) is 0. The molecule has 0 spiro atoms. The van der Waals surface area contributed by atoms with E-state index in [1.165, 1.54) is 98.0 Å². The van der Waals surface area contributed by atoms with Gasteiger partial charge in [-0.3, -0.25) is 0 Å². The van der Waals surface area contributed by atoms with E-state index >= 15 is 0 Å². The zero-order valence-electron chi connectivity index (χ0n) is 32.3. The normalized spacial score (nSPS) is 12.3. The Labute approximate surface area is 344 Å². The fourth-order valence-corrected chi connectivity index (χ4v) is 10.2. The zero-order valence-corrected chi connectivity index (χ0v) is 32.3. The summed E-state index contributed by atoms with van der Waals surface area (Å²) in [4.78, 5) is 0. The third-order valence-electron chi connectivity index (χ3n) is 13.1. The van der Waals surface area contributed by atoms with Crippen molar-refractivity contribution >= 4 is 86.6 Å². The largest absolute Gasteiger partial charge is 0.456 e. The number of rotatable bonds is 5. The van der Waals surface area contributed by atoms with Crippen LogP contribution in [0.1, 0.15) is 0 Å². The molecule has 0 atom stereocenters. The molecule has 276 valence electrons. The first kappa shape index (κ1) is 32.1. The fraction of sp³-hybridized carbons (Fsp3) is 0. The summed E-state index contributed by atoms with van der Waals surface area (Å²) in [5.74, 6) is 1.69. The first-order valence-corrected chi connectivity index (χ1v) is 20.6. The van der Waals surface area contributed by atoms with Crippen molar-refractivity contribution in [1.82, 2.24) is 0 Å². The third kappa shape index (κ3) is 4.53. The molecular weight excluding hydrogens is 729 g/mol. The highest BCUT2D eigenvalue weighted by Gasteiger charge is 2.22. The van der Waals surface area contributed by atoms with Crippen LogP contribution in [0.2, 0.25) is 0 Å². The first-order chi connectivity index (χ1) is 29.7. The molecular formula is C58H32O2. The van der Waals surface area contributed by atoms with Crippen molar-refractivity contribution in [2.45, 2.75) is 0 Å². The summed E-state index contributed by atoms with van der Waals surface area (Å²) >= 11 is 0. The fourth-order valence-electron chi connectivity index (χ4n) is 10.2. The summed E-state index contributed by atoms with van der Waals surface area (Å²) in [6, 6.07) is 70.6. The van der Waals surface area contributed by atoms with E-state index in [9.17, 15) is 0 Å². The Kier molecular flexibility index (Phi) is 6.32. The van der Waals surface area contributed by atoms with Crippen molar-refractivity contribution in [2.24, 2.45) is 0 Å². The van der Waals surface area contributed by atoms with Crippen LogP contribution in [0.15, 0.2) is 203 Å². The molecule has 2 aromatic heterocycles.